The summed E-state index contributed by atoms with van der Waals surface area (Å²) in [6.45, 7) is 5.12. The molecule has 1 aliphatic heterocycles. The molecule has 0 aliphatic carbocycles. The third-order valence-corrected chi connectivity index (χ3v) is 8.49. The van der Waals surface area contributed by atoms with Gasteiger partial charge < -0.3 is 9.84 Å². The molecule has 1 aliphatic rings. The van der Waals surface area contributed by atoms with Gasteiger partial charge in [-0.25, -0.2) is 8.42 Å². The van der Waals surface area contributed by atoms with E-state index < -0.39 is 16.1 Å². The molecule has 0 fully saturated rings. The number of fused-ring (bicyclic) bond motifs is 1. The number of aliphatic hydroxyl groups excluding tert-OH is 1. The van der Waals surface area contributed by atoms with Crippen LogP contribution in [0.1, 0.15) is 19.4 Å². The fourth-order valence-electron chi connectivity index (χ4n) is 4.43. The first-order chi connectivity index (χ1) is 16.8. The fourth-order valence-corrected chi connectivity index (χ4v) is 6.26. The van der Waals surface area contributed by atoms with E-state index in [1.807, 2.05) is 44.3 Å². The van der Waals surface area contributed by atoms with Gasteiger partial charge in [0.2, 0.25) is 10.0 Å². The molecule has 4 rings (SSSR count). The molecule has 35 heavy (non-hydrogen) atoms. The van der Waals surface area contributed by atoms with Crippen LogP contribution in [-0.2, 0) is 16.6 Å². The molecular formula is C27H33N3O4S. The Hall–Kier alpha value is -2.78. The highest BCUT2D eigenvalue weighted by molar-refractivity contribution is 7.89. The smallest absolute Gasteiger partial charge is 0.247 e. The Balaban J connectivity index is 1.72. The molecule has 1 N–H and O–H groups in total. The van der Waals surface area contributed by atoms with Crippen LogP contribution in [-0.4, -0.2) is 66.6 Å². The van der Waals surface area contributed by atoms with Crippen molar-refractivity contribution in [3.8, 4) is 16.9 Å². The zero-order valence-corrected chi connectivity index (χ0v) is 21.2. The topological polar surface area (TPSA) is 83.0 Å². The second-order valence-electron chi connectivity index (χ2n) is 9.32. The maximum absolute atomic E-state index is 13.7. The van der Waals surface area contributed by atoms with Gasteiger partial charge in [0.15, 0.2) is 0 Å². The minimum absolute atomic E-state index is 0.102. The Morgan fingerprint density at radius 1 is 1.11 bits per heavy atom. The number of aromatic nitrogens is 1. The molecule has 0 saturated carbocycles. The van der Waals surface area contributed by atoms with Crippen molar-refractivity contribution in [1.82, 2.24) is 14.2 Å². The first kappa shape index (κ1) is 25.3. The predicted octanol–water partition coefficient (Wildman–Crippen LogP) is 3.65. The van der Waals surface area contributed by atoms with Gasteiger partial charge in [0.25, 0.3) is 0 Å². The van der Waals surface area contributed by atoms with E-state index in [9.17, 15) is 13.5 Å². The molecule has 0 saturated heterocycles. The van der Waals surface area contributed by atoms with Crippen LogP contribution in [0.15, 0.2) is 78.0 Å². The monoisotopic (exact) mass is 495 g/mol. The van der Waals surface area contributed by atoms with Crippen molar-refractivity contribution in [3.63, 3.8) is 0 Å². The lowest BCUT2D eigenvalue weighted by atomic mass is 10.0. The third kappa shape index (κ3) is 5.73. The van der Waals surface area contributed by atoms with Gasteiger partial charge in [-0.2, -0.15) is 4.31 Å². The van der Waals surface area contributed by atoms with E-state index in [2.05, 4.69) is 22.0 Å². The average molecular weight is 496 g/mol. The van der Waals surface area contributed by atoms with Gasteiger partial charge in [-0.3, -0.25) is 9.88 Å². The SMILES string of the molecule is C[C@H](CO)N1C[C@H](C)[C@@H](CN(C)Cc2ccccc2)Oc2cc(-c3ccncc3)ccc2S1(=O)=O. The highest BCUT2D eigenvalue weighted by Crippen LogP contribution is 2.36. The van der Waals surface area contributed by atoms with Crippen LogP contribution in [0.25, 0.3) is 11.1 Å². The summed E-state index contributed by atoms with van der Waals surface area (Å²) in [5.41, 5.74) is 2.98. The number of hydrogen-bond acceptors (Lipinski definition) is 6. The number of pyridine rings is 1. The van der Waals surface area contributed by atoms with E-state index in [0.717, 1.165) is 17.7 Å². The Morgan fingerprint density at radius 3 is 2.51 bits per heavy atom. The molecule has 2 heterocycles. The molecule has 0 spiro atoms. The quantitative estimate of drug-likeness (QED) is 0.539. The zero-order valence-electron chi connectivity index (χ0n) is 20.4. The second kappa shape index (κ2) is 10.9. The molecule has 1 aromatic heterocycles. The maximum atomic E-state index is 13.7. The highest BCUT2D eigenvalue weighted by Gasteiger charge is 2.38. The van der Waals surface area contributed by atoms with Crippen LogP contribution >= 0.6 is 0 Å². The van der Waals surface area contributed by atoms with Gasteiger partial charge in [-0.15, -0.1) is 0 Å². The predicted molar refractivity (Wildman–Crippen MR) is 136 cm³/mol. The van der Waals surface area contributed by atoms with Crippen molar-refractivity contribution in [1.29, 1.82) is 0 Å². The van der Waals surface area contributed by atoms with Crippen molar-refractivity contribution in [2.45, 2.75) is 37.4 Å². The number of sulfonamides is 1. The normalized spacial score (nSPS) is 20.9. The molecule has 0 unspecified atom stereocenters. The molecular weight excluding hydrogens is 462 g/mol. The van der Waals surface area contributed by atoms with E-state index in [1.54, 1.807) is 37.5 Å². The lowest BCUT2D eigenvalue weighted by molar-refractivity contribution is 0.0734. The van der Waals surface area contributed by atoms with Crippen molar-refractivity contribution in [2.75, 3.05) is 26.7 Å². The molecule has 0 amide bonds. The minimum Gasteiger partial charge on any atom is -0.487 e. The van der Waals surface area contributed by atoms with Gasteiger partial charge in [0.05, 0.1) is 6.61 Å². The van der Waals surface area contributed by atoms with E-state index in [4.69, 9.17) is 4.74 Å². The molecule has 8 heteroatoms. The molecule has 2 aromatic carbocycles. The van der Waals surface area contributed by atoms with Crippen LogP contribution in [0.2, 0.25) is 0 Å². The summed E-state index contributed by atoms with van der Waals surface area (Å²) in [5, 5.41) is 9.83. The number of benzene rings is 2. The van der Waals surface area contributed by atoms with Gasteiger partial charge >= 0.3 is 0 Å². The highest BCUT2D eigenvalue weighted by atomic mass is 32.2. The number of likely N-dealkylation sites (N-methyl/N-ethyl adjacent to an activating group) is 1. The summed E-state index contributed by atoms with van der Waals surface area (Å²) in [4.78, 5) is 6.39. The van der Waals surface area contributed by atoms with Gasteiger partial charge in [-0.05, 0) is 54.9 Å². The lowest BCUT2D eigenvalue weighted by Gasteiger charge is -2.37. The third-order valence-electron chi connectivity index (χ3n) is 6.47. The van der Waals surface area contributed by atoms with Crippen molar-refractivity contribution < 1.29 is 18.3 Å². The van der Waals surface area contributed by atoms with Gasteiger partial charge in [-0.1, -0.05) is 43.3 Å². The zero-order chi connectivity index (χ0) is 25.0. The summed E-state index contributed by atoms with van der Waals surface area (Å²) < 4.78 is 35.2. The van der Waals surface area contributed by atoms with Crippen molar-refractivity contribution >= 4 is 10.0 Å². The first-order valence-corrected chi connectivity index (χ1v) is 13.3. The summed E-state index contributed by atoms with van der Waals surface area (Å²) >= 11 is 0. The first-order valence-electron chi connectivity index (χ1n) is 11.9. The summed E-state index contributed by atoms with van der Waals surface area (Å²) in [7, 11) is -1.82. The largest absolute Gasteiger partial charge is 0.487 e. The Morgan fingerprint density at radius 2 is 1.83 bits per heavy atom. The number of nitrogens with zero attached hydrogens (tertiary/aromatic N) is 3. The minimum atomic E-state index is -3.86. The van der Waals surface area contributed by atoms with Crippen LogP contribution in [0.5, 0.6) is 5.75 Å². The van der Waals surface area contributed by atoms with Crippen molar-refractivity contribution in [2.24, 2.45) is 5.92 Å². The van der Waals surface area contributed by atoms with Gasteiger partial charge in [0, 0.05) is 44.0 Å². The average Bonchev–Trinajstić information content (AvgIpc) is 2.86. The molecule has 3 atom stereocenters. The standard InChI is InChI=1S/C27H33N3O4S/c1-20-16-30(21(2)19-31)35(32,33)27-10-9-24(23-11-13-28-14-12-23)15-25(27)34-26(20)18-29(3)17-22-7-5-4-6-8-22/h4-15,20-21,26,31H,16-19H2,1-3H3/t20-,21+,26+/m0/s1. The Kier molecular flexibility index (Phi) is 7.86. The second-order valence-corrected chi connectivity index (χ2v) is 11.2. The Bertz CT molecular complexity index is 1220. The van der Waals surface area contributed by atoms with Crippen LogP contribution < -0.4 is 4.74 Å². The van der Waals surface area contributed by atoms with Gasteiger partial charge in [0.1, 0.15) is 16.7 Å². The lowest BCUT2D eigenvalue weighted by Crippen LogP contribution is -2.49. The molecule has 0 bridgehead atoms. The van der Waals surface area contributed by atoms with Crippen LogP contribution in [0.3, 0.4) is 0 Å². The van der Waals surface area contributed by atoms with Crippen LogP contribution in [0.4, 0.5) is 0 Å². The molecule has 186 valence electrons. The number of rotatable bonds is 7. The molecule has 0 radical (unpaired) electrons. The van der Waals surface area contributed by atoms with E-state index >= 15 is 0 Å². The number of hydrogen-bond donors (Lipinski definition) is 1. The van der Waals surface area contributed by atoms with Crippen molar-refractivity contribution in [3.05, 3.63) is 78.6 Å². The Labute approximate surface area is 208 Å². The molecule has 7 nitrogen and oxygen atoms in total. The maximum Gasteiger partial charge on any atom is 0.247 e. The van der Waals surface area contributed by atoms with E-state index in [1.165, 1.54) is 9.87 Å². The van der Waals surface area contributed by atoms with Crippen LogP contribution in [0, 0.1) is 5.92 Å². The fraction of sp³-hybridized carbons (Fsp3) is 0.370. The van der Waals surface area contributed by atoms with E-state index in [0.29, 0.717) is 12.3 Å². The number of aliphatic hydroxyl groups is 1. The number of ether oxygens (including phenoxy) is 1. The summed E-state index contributed by atoms with van der Waals surface area (Å²) in [6, 6.07) is 18.6. The van der Waals surface area contributed by atoms with E-state index in [-0.39, 0.29) is 30.1 Å². The summed E-state index contributed by atoms with van der Waals surface area (Å²) in [5.74, 6) is 0.230. The summed E-state index contributed by atoms with van der Waals surface area (Å²) in [6.07, 6.45) is 3.16. The molecule has 3 aromatic rings.